The number of likely N-dealkylation sites (N-methyl/N-ethyl adjacent to an activating group) is 1. The van der Waals surface area contributed by atoms with E-state index in [-0.39, 0.29) is 151 Å². The molecular formula is C126H227N11O8. The van der Waals surface area contributed by atoms with Crippen molar-refractivity contribution in [2.45, 2.75) is 539 Å². The van der Waals surface area contributed by atoms with Gasteiger partial charge in [-0.25, -0.2) is 9.78 Å². The van der Waals surface area contributed by atoms with Crippen molar-refractivity contribution in [1.82, 2.24) is 51.8 Å². The second-order valence-corrected chi connectivity index (χ2v) is 62.1. The first kappa shape index (κ1) is 136. The maximum absolute atomic E-state index is 12.4. The summed E-state index contributed by atoms with van der Waals surface area (Å²) in [6.07, 6.45) is 9.48. The number of ether oxygens (including phenoxy) is 1. The third kappa shape index (κ3) is 42.5. The van der Waals surface area contributed by atoms with Gasteiger partial charge in [-0.1, -0.05) is 380 Å². The second-order valence-electron chi connectivity index (χ2n) is 62.1. The molecule has 0 spiro atoms. The monoisotopic (exact) mass is 2020 g/mol. The molecule has 19 nitrogen and oxygen atoms in total. The number of aliphatic imine (C=N–C) groups is 1. The van der Waals surface area contributed by atoms with E-state index in [0.29, 0.717) is 66.7 Å². The zero-order valence-corrected chi connectivity index (χ0v) is 106. The minimum atomic E-state index is -0.231. The first-order valence-corrected chi connectivity index (χ1v) is 54.9. The fraction of sp³-hybridized carbons (Fsp3) is 0.786. The van der Waals surface area contributed by atoms with E-state index >= 15 is 0 Å². The summed E-state index contributed by atoms with van der Waals surface area (Å²) in [5.74, 6) is 2.04. The smallest absolute Gasteiger partial charge is 0.410 e. The highest BCUT2D eigenvalue weighted by Crippen LogP contribution is 2.48. The van der Waals surface area contributed by atoms with Crippen LogP contribution in [0.1, 0.15) is 501 Å². The summed E-state index contributed by atoms with van der Waals surface area (Å²) in [5.41, 5.74) is 20.4. The molecule has 2 amide bonds. The zero-order valence-electron chi connectivity index (χ0n) is 106. The molecule has 0 saturated carbocycles. The molecule has 9 rings (SSSR count). The number of pyridine rings is 1. The Balaban J connectivity index is 0.000000816. The minimum absolute atomic E-state index is 0.00690. The highest BCUT2D eigenvalue weighted by molar-refractivity contribution is 5.99. The fourth-order valence-corrected chi connectivity index (χ4v) is 20.1. The maximum Gasteiger partial charge on any atom is 0.410 e. The number of H-pyrrole nitrogens is 2. The molecule has 1 fully saturated rings. The minimum Gasteiger partial charge on any atom is -0.445 e. The van der Waals surface area contributed by atoms with Crippen molar-refractivity contribution in [3.05, 3.63) is 129 Å². The van der Waals surface area contributed by atoms with Crippen molar-refractivity contribution in [2.75, 3.05) is 20.2 Å². The number of ketones is 3. The molecule has 7 aliphatic rings. The lowest BCUT2D eigenvalue weighted by Crippen LogP contribution is -2.53. The summed E-state index contributed by atoms with van der Waals surface area (Å²) in [6.45, 7) is 135. The van der Waals surface area contributed by atoms with Crippen molar-refractivity contribution < 1.29 is 28.7 Å². The Hall–Kier alpha value is -7.15. The molecule has 8 N–H and O–H groups in total. The number of nitrogens with zero attached hydrogens (tertiary/aromatic N) is 3. The largest absolute Gasteiger partial charge is 0.445 e. The highest BCUT2D eigenvalue weighted by atomic mass is 16.6. The SMILES string of the molecule is CC1=CCC(C(C)(C)C)=C(C(C)(C)C)N1.CC1=NC(C(C)(C)C)C(C(C)(C)C)C(=O)CC1.CC1CC(=O)C(C(C)(C)C)=C(C(C)(C)C)N1.CC1CCC(=O)C(C(C)(C)C)C(C(C)(C)C)N1.CC1CCC(C(C)(C)C)=C(C(C)(C)C)N1.CC1NC(=O)C(C(C)(C)C)=C(C(C)(C)C)N1.CN1CC(C(C)(C)C)=C(C(C)(C)C)COC1=O.Cc1cc(=O)c(C(C)(C)C)c(C(C)(C)C)[nH]1.Cc1nc(C(C)(C)C)c(C(C)(C)C)c(=O)[nH]1. The van der Waals surface area contributed by atoms with Crippen molar-refractivity contribution >= 4 is 35.1 Å². The van der Waals surface area contributed by atoms with Crippen LogP contribution in [-0.2, 0) is 45.6 Å². The van der Waals surface area contributed by atoms with Crippen LogP contribution in [0.3, 0.4) is 0 Å². The van der Waals surface area contributed by atoms with E-state index in [0.717, 1.165) is 82.1 Å². The van der Waals surface area contributed by atoms with Gasteiger partial charge in [0.05, 0.1) is 17.9 Å². The predicted octanol–water partition coefficient (Wildman–Crippen LogP) is 30.7. The lowest BCUT2D eigenvalue weighted by atomic mass is 9.66. The van der Waals surface area contributed by atoms with Crippen molar-refractivity contribution in [3.8, 4) is 0 Å². The van der Waals surface area contributed by atoms with Crippen LogP contribution in [0.5, 0.6) is 0 Å². The van der Waals surface area contributed by atoms with Gasteiger partial charge in [0.1, 0.15) is 24.0 Å². The molecule has 0 bridgehead atoms. The van der Waals surface area contributed by atoms with Crippen LogP contribution in [0.25, 0.3) is 0 Å². The topological polar surface area (TPSA) is 261 Å². The Morgan fingerprint density at radius 3 is 1.20 bits per heavy atom. The quantitative estimate of drug-likeness (QED) is 0.114. The zero-order chi connectivity index (χ0) is 115. The molecule has 834 valence electrons. The van der Waals surface area contributed by atoms with Gasteiger partial charge in [0.15, 0.2) is 11.2 Å². The summed E-state index contributed by atoms with van der Waals surface area (Å²) < 4.78 is 5.31. The molecule has 9 heterocycles. The number of aromatic nitrogens is 3. The number of cyclic esters (lactones) is 1. The Labute approximate surface area is 890 Å². The van der Waals surface area contributed by atoms with Crippen LogP contribution in [0, 0.1) is 101 Å². The van der Waals surface area contributed by atoms with Gasteiger partial charge in [-0.3, -0.25) is 33.8 Å². The van der Waals surface area contributed by atoms with Crippen LogP contribution >= 0.6 is 0 Å². The Kier molecular flexibility index (Phi) is 46.4. The summed E-state index contributed by atoms with van der Waals surface area (Å²) in [5, 5.41) is 20.8. The van der Waals surface area contributed by atoms with E-state index in [9.17, 15) is 33.6 Å². The lowest BCUT2D eigenvalue weighted by Gasteiger charge is -2.43. The van der Waals surface area contributed by atoms with Gasteiger partial charge < -0.3 is 51.5 Å². The first-order chi connectivity index (χ1) is 64.0. The van der Waals surface area contributed by atoms with Crippen LogP contribution < -0.4 is 42.9 Å². The summed E-state index contributed by atoms with van der Waals surface area (Å²) in [4.78, 5) is 102. The van der Waals surface area contributed by atoms with Gasteiger partial charge in [-0.2, -0.15) is 0 Å². The number of allylic oxidation sites excluding steroid dienone is 9. The average Bonchev–Trinajstić information content (AvgIpc) is 1.65. The number of amides is 2. The average molecular weight is 2020 g/mol. The Morgan fingerprint density at radius 1 is 0.379 bits per heavy atom. The third-order valence-electron chi connectivity index (χ3n) is 27.5. The Bertz CT molecular complexity index is 4870. The van der Waals surface area contributed by atoms with E-state index < -0.39 is 0 Å². The molecule has 8 atom stereocenters. The number of nitrogens with one attached hydrogen (secondary N) is 8. The van der Waals surface area contributed by atoms with Gasteiger partial charge in [0.25, 0.3) is 11.5 Å². The molecule has 7 aliphatic heterocycles. The molecule has 1 saturated heterocycles. The number of aromatic amines is 2. The molecule has 0 radical (unpaired) electrons. The molecule has 0 aliphatic carbocycles. The number of carbonyl (C=O) groups excluding carboxylic acids is 5. The van der Waals surface area contributed by atoms with Gasteiger partial charge in [-0.05, 0) is 175 Å². The highest BCUT2D eigenvalue weighted by Gasteiger charge is 2.48. The van der Waals surface area contributed by atoms with Crippen molar-refractivity contribution in [2.24, 2.45) is 92.6 Å². The van der Waals surface area contributed by atoms with E-state index in [1.54, 1.807) is 29.2 Å². The molecule has 8 unspecified atom stereocenters. The number of dihydropyridines is 1. The molecule has 2 aromatic rings. The number of rotatable bonds is 0. The number of carbonyl (C=O) groups is 5. The van der Waals surface area contributed by atoms with E-state index in [1.165, 1.54) is 41.1 Å². The molecule has 19 heteroatoms. The second kappa shape index (κ2) is 49.5. The van der Waals surface area contributed by atoms with E-state index in [4.69, 9.17) is 9.73 Å². The van der Waals surface area contributed by atoms with Crippen LogP contribution in [0.4, 0.5) is 4.79 Å². The summed E-state index contributed by atoms with van der Waals surface area (Å²) in [6, 6.07) is 3.40. The summed E-state index contributed by atoms with van der Waals surface area (Å²) >= 11 is 0. The van der Waals surface area contributed by atoms with Crippen LogP contribution in [-0.4, -0.2) is 111 Å². The lowest BCUT2D eigenvalue weighted by molar-refractivity contribution is -0.128. The van der Waals surface area contributed by atoms with Crippen molar-refractivity contribution in [1.29, 1.82) is 0 Å². The number of hydrogen-bond acceptors (Lipinski definition) is 15. The maximum atomic E-state index is 12.4. The third-order valence-corrected chi connectivity index (χ3v) is 27.5. The van der Waals surface area contributed by atoms with E-state index in [1.807, 2.05) is 41.5 Å². The molecular weight excluding hydrogens is 1800 g/mol. The number of aryl methyl sites for hydroxylation is 2. The normalized spacial score (nSPS) is 21.7. The van der Waals surface area contributed by atoms with Gasteiger partial charge in [-0.15, -0.1) is 0 Å². The first-order valence-electron chi connectivity index (χ1n) is 54.9. The molecule has 2 aromatic heterocycles. The van der Waals surface area contributed by atoms with Gasteiger partial charge in [0, 0.05) is 175 Å². The number of hydrogen-bond donors (Lipinski definition) is 8. The predicted molar refractivity (Wildman–Crippen MR) is 623 cm³/mol. The standard InChI is InChI=1S/C15H29NO.C15H27NO.C14H25NO2.C14H25NO.C14H23NO.C14H27N.C14H25N.C13H24N2O.C13H22N2O/c2*1-10-8-9-11(17)12(14(2,3)4)13(16-10)15(5,6)7;1-13(2,3)10-8-15(7)12(16)17-9-11(10)14(4,5)6;2*1-9-8-10(16)11(13(2,3)4)12(15-9)14(5,6)7;2*1-10-8-9-11(13(2,3)4)12(15-10)14(5,6)7;2*1-8-14-10(13(5,6)7)9(11(16)15-8)12(2,3)4/h10,12-13,16H,8-9H2,1-7H3;12-13H,8-9H2,1-7H3;8-9H2,1-7H3;9,15H,8H2,1-7H3;8H,1-7H3,(H,15,16);10,15H,8-9H2,1-7H3;8,15H,9H2,1-7H3;8,14H,1-7H3,(H,15,16);1-7H3,(H,14,15,16). The fourth-order valence-electron chi connectivity index (χ4n) is 20.1. The molecule has 145 heavy (non-hydrogen) atoms. The van der Waals surface area contributed by atoms with Crippen LogP contribution in [0.15, 0.2) is 88.6 Å². The molecule has 0 aromatic carbocycles. The summed E-state index contributed by atoms with van der Waals surface area (Å²) in [7, 11) is 1.79. The van der Waals surface area contributed by atoms with Crippen LogP contribution in [0.2, 0.25) is 0 Å². The number of Topliss-reactive ketones (excluding diaryl/α,β-unsaturated/α-hetero) is 3. The van der Waals surface area contributed by atoms with Gasteiger partial charge in [0.2, 0.25) is 0 Å². The van der Waals surface area contributed by atoms with Gasteiger partial charge >= 0.3 is 6.09 Å². The van der Waals surface area contributed by atoms with Crippen molar-refractivity contribution in [3.63, 3.8) is 0 Å². The van der Waals surface area contributed by atoms with E-state index in [2.05, 4.69) is 441 Å². The Morgan fingerprint density at radius 2 is 0.807 bits per heavy atom.